The van der Waals surface area contributed by atoms with E-state index in [2.05, 4.69) is 53.6 Å². The van der Waals surface area contributed by atoms with Crippen molar-refractivity contribution in [1.82, 2.24) is 34.0 Å². The molecule has 1 fully saturated rings. The Balaban J connectivity index is 1.44. The number of fused-ring (bicyclic) bond motifs is 1. The first-order valence-corrected chi connectivity index (χ1v) is 8.89. The van der Waals surface area contributed by atoms with E-state index < -0.39 is 0 Å². The third-order valence-corrected chi connectivity index (χ3v) is 4.69. The van der Waals surface area contributed by atoms with Crippen LogP contribution in [0.5, 0.6) is 0 Å². The zero-order valence-electron chi connectivity index (χ0n) is 14.8. The van der Waals surface area contributed by atoms with Crippen LogP contribution in [0, 0.1) is 6.92 Å². The summed E-state index contributed by atoms with van der Waals surface area (Å²) in [4.78, 5) is 18.0. The number of nitrogens with zero attached hydrogens (tertiary/aromatic N) is 8. The molecule has 0 amide bonds. The molecular weight excluding hydrogens is 316 g/mol. The van der Waals surface area contributed by atoms with E-state index >= 15 is 0 Å². The zero-order chi connectivity index (χ0) is 17.2. The SMILES string of the molecule is CCCn1ccnc1CN1CCN(c2cc(C)nc3ncnn23)CC1. The maximum atomic E-state index is 4.53. The van der Waals surface area contributed by atoms with Crippen molar-refractivity contribution >= 4 is 11.6 Å². The van der Waals surface area contributed by atoms with Crippen LogP contribution in [0.25, 0.3) is 5.78 Å². The number of aromatic nitrogens is 6. The van der Waals surface area contributed by atoms with Crippen molar-refractivity contribution in [3.8, 4) is 0 Å². The standard InChI is InChI=1S/C17H24N8/c1-3-5-23-6-4-18-15(23)12-22-7-9-24(10-8-22)16-11-14(2)21-17-19-13-20-25(16)17/h4,6,11,13H,3,5,7-10,12H2,1-2H3. The van der Waals surface area contributed by atoms with Crippen molar-refractivity contribution in [2.75, 3.05) is 31.1 Å². The topological polar surface area (TPSA) is 67.4 Å². The largest absolute Gasteiger partial charge is 0.354 e. The van der Waals surface area contributed by atoms with E-state index in [9.17, 15) is 0 Å². The van der Waals surface area contributed by atoms with Gasteiger partial charge in [0.15, 0.2) is 0 Å². The molecule has 8 nitrogen and oxygen atoms in total. The van der Waals surface area contributed by atoms with Crippen LogP contribution in [0.4, 0.5) is 5.82 Å². The maximum Gasteiger partial charge on any atom is 0.254 e. The first kappa shape index (κ1) is 16.0. The second-order valence-electron chi connectivity index (χ2n) is 6.53. The molecule has 4 heterocycles. The molecule has 132 valence electrons. The van der Waals surface area contributed by atoms with E-state index in [1.54, 1.807) is 6.33 Å². The van der Waals surface area contributed by atoms with E-state index in [0.29, 0.717) is 5.78 Å². The van der Waals surface area contributed by atoms with Gasteiger partial charge < -0.3 is 9.47 Å². The molecule has 1 saturated heterocycles. The van der Waals surface area contributed by atoms with Crippen LogP contribution in [0.1, 0.15) is 24.9 Å². The van der Waals surface area contributed by atoms with Crippen LogP contribution in [0.2, 0.25) is 0 Å². The minimum absolute atomic E-state index is 0.666. The number of rotatable bonds is 5. The van der Waals surface area contributed by atoms with Crippen molar-refractivity contribution in [2.45, 2.75) is 33.4 Å². The van der Waals surface area contributed by atoms with Gasteiger partial charge in [0.25, 0.3) is 5.78 Å². The van der Waals surface area contributed by atoms with E-state index in [1.165, 1.54) is 0 Å². The molecular formula is C17H24N8. The van der Waals surface area contributed by atoms with Gasteiger partial charge >= 0.3 is 0 Å². The Morgan fingerprint density at radius 1 is 1.12 bits per heavy atom. The van der Waals surface area contributed by atoms with Crippen LogP contribution in [-0.4, -0.2) is 60.2 Å². The lowest BCUT2D eigenvalue weighted by Gasteiger charge is -2.35. The predicted molar refractivity (Wildman–Crippen MR) is 95.5 cm³/mol. The smallest absolute Gasteiger partial charge is 0.254 e. The van der Waals surface area contributed by atoms with Gasteiger partial charge in [-0.3, -0.25) is 4.90 Å². The summed E-state index contributed by atoms with van der Waals surface area (Å²) in [6, 6.07) is 2.09. The summed E-state index contributed by atoms with van der Waals surface area (Å²) in [7, 11) is 0. The second kappa shape index (κ2) is 6.79. The first-order chi connectivity index (χ1) is 12.2. The van der Waals surface area contributed by atoms with Crippen LogP contribution in [-0.2, 0) is 13.1 Å². The average molecular weight is 340 g/mol. The first-order valence-electron chi connectivity index (χ1n) is 8.89. The summed E-state index contributed by atoms with van der Waals surface area (Å²) >= 11 is 0. The summed E-state index contributed by atoms with van der Waals surface area (Å²) in [6.45, 7) is 10.1. The molecule has 0 N–H and O–H groups in total. The Morgan fingerprint density at radius 3 is 2.76 bits per heavy atom. The third-order valence-electron chi connectivity index (χ3n) is 4.69. The highest BCUT2D eigenvalue weighted by Crippen LogP contribution is 2.18. The summed E-state index contributed by atoms with van der Waals surface area (Å²) in [5.74, 6) is 2.90. The van der Waals surface area contributed by atoms with Crippen molar-refractivity contribution in [3.05, 3.63) is 36.3 Å². The minimum atomic E-state index is 0.666. The van der Waals surface area contributed by atoms with Crippen LogP contribution >= 0.6 is 0 Å². The van der Waals surface area contributed by atoms with Crippen LogP contribution < -0.4 is 4.90 Å². The Hall–Kier alpha value is -2.48. The Kier molecular flexibility index (Phi) is 4.35. The van der Waals surface area contributed by atoms with Gasteiger partial charge in [0.1, 0.15) is 18.0 Å². The highest BCUT2D eigenvalue weighted by atomic mass is 15.4. The fourth-order valence-corrected chi connectivity index (χ4v) is 3.41. The molecule has 3 aromatic rings. The molecule has 0 aromatic carbocycles. The maximum absolute atomic E-state index is 4.53. The summed E-state index contributed by atoms with van der Waals surface area (Å²) < 4.78 is 4.09. The minimum Gasteiger partial charge on any atom is -0.354 e. The Morgan fingerprint density at radius 2 is 1.96 bits per heavy atom. The molecule has 4 rings (SSSR count). The van der Waals surface area contributed by atoms with E-state index in [4.69, 9.17) is 0 Å². The molecule has 0 radical (unpaired) electrons. The van der Waals surface area contributed by atoms with Crippen molar-refractivity contribution in [2.24, 2.45) is 0 Å². The molecule has 0 bridgehead atoms. The highest BCUT2D eigenvalue weighted by Gasteiger charge is 2.21. The molecule has 1 aliphatic heterocycles. The van der Waals surface area contributed by atoms with Gasteiger partial charge in [0, 0.05) is 56.9 Å². The van der Waals surface area contributed by atoms with Gasteiger partial charge in [0.2, 0.25) is 0 Å². The zero-order valence-corrected chi connectivity index (χ0v) is 14.8. The van der Waals surface area contributed by atoms with E-state index in [0.717, 1.165) is 63.0 Å². The Labute approximate surface area is 147 Å². The summed E-state index contributed by atoms with van der Waals surface area (Å²) in [5, 5.41) is 4.32. The Bertz CT molecular complexity index is 843. The fraction of sp³-hybridized carbons (Fsp3) is 0.529. The third kappa shape index (κ3) is 3.21. The van der Waals surface area contributed by atoms with Crippen LogP contribution in [0.3, 0.4) is 0 Å². The van der Waals surface area contributed by atoms with Gasteiger partial charge in [-0.25, -0.2) is 9.97 Å². The number of hydrogen-bond donors (Lipinski definition) is 0. The van der Waals surface area contributed by atoms with Crippen molar-refractivity contribution in [3.63, 3.8) is 0 Å². The number of piperazine rings is 1. The van der Waals surface area contributed by atoms with E-state index in [-0.39, 0.29) is 0 Å². The molecule has 0 spiro atoms. The molecule has 3 aromatic heterocycles. The molecule has 0 unspecified atom stereocenters. The highest BCUT2D eigenvalue weighted by molar-refractivity contribution is 5.47. The second-order valence-corrected chi connectivity index (χ2v) is 6.53. The predicted octanol–water partition coefficient (Wildman–Crippen LogP) is 1.36. The number of anilines is 1. The van der Waals surface area contributed by atoms with Gasteiger partial charge in [-0.2, -0.15) is 14.6 Å². The molecule has 25 heavy (non-hydrogen) atoms. The lowest BCUT2D eigenvalue weighted by atomic mass is 10.3. The summed E-state index contributed by atoms with van der Waals surface area (Å²) in [6.07, 6.45) is 6.68. The monoisotopic (exact) mass is 340 g/mol. The van der Waals surface area contributed by atoms with Gasteiger partial charge in [-0.05, 0) is 13.3 Å². The van der Waals surface area contributed by atoms with Crippen molar-refractivity contribution < 1.29 is 0 Å². The van der Waals surface area contributed by atoms with Gasteiger partial charge in [0.05, 0.1) is 6.54 Å². The fourth-order valence-electron chi connectivity index (χ4n) is 3.41. The normalized spacial score (nSPS) is 16.0. The number of hydrogen-bond acceptors (Lipinski definition) is 6. The summed E-state index contributed by atoms with van der Waals surface area (Å²) in [5.41, 5.74) is 0.972. The molecule has 0 aliphatic carbocycles. The molecule has 1 aliphatic rings. The number of aryl methyl sites for hydroxylation is 2. The van der Waals surface area contributed by atoms with Crippen LogP contribution in [0.15, 0.2) is 24.8 Å². The van der Waals surface area contributed by atoms with Gasteiger partial charge in [-0.15, -0.1) is 0 Å². The van der Waals surface area contributed by atoms with Crippen molar-refractivity contribution in [1.29, 1.82) is 0 Å². The average Bonchev–Trinajstić information content (AvgIpc) is 3.25. The molecule has 0 atom stereocenters. The lowest BCUT2D eigenvalue weighted by Crippen LogP contribution is -2.47. The van der Waals surface area contributed by atoms with Gasteiger partial charge in [-0.1, -0.05) is 6.92 Å². The molecule has 8 heteroatoms. The molecule has 0 saturated carbocycles. The van der Waals surface area contributed by atoms with E-state index in [1.807, 2.05) is 17.6 Å². The quantitative estimate of drug-likeness (QED) is 0.699. The lowest BCUT2D eigenvalue weighted by molar-refractivity contribution is 0.239. The number of imidazole rings is 1.